The molecule has 1 unspecified atom stereocenters. The van der Waals surface area contributed by atoms with Crippen LogP contribution >= 0.6 is 0 Å². The Morgan fingerprint density at radius 2 is 1.82 bits per heavy atom. The van der Waals surface area contributed by atoms with Crippen molar-refractivity contribution in [1.82, 2.24) is 9.88 Å². The molecule has 1 saturated heterocycles. The molecule has 2 aromatic rings. The predicted molar refractivity (Wildman–Crippen MR) is 79.3 cm³/mol. The first kappa shape index (κ1) is 15.0. The lowest BCUT2D eigenvalue weighted by molar-refractivity contribution is -0.137. The second-order valence-electron chi connectivity index (χ2n) is 5.72. The highest BCUT2D eigenvalue weighted by molar-refractivity contribution is 5.63. The first-order chi connectivity index (χ1) is 10.4. The molecule has 0 amide bonds. The van der Waals surface area contributed by atoms with Crippen LogP contribution in [0.1, 0.15) is 30.0 Å². The summed E-state index contributed by atoms with van der Waals surface area (Å²) in [6.07, 6.45) is 1.49. The van der Waals surface area contributed by atoms with Gasteiger partial charge < -0.3 is 0 Å². The Balaban J connectivity index is 1.89. The standard InChI is InChI=1S/C17H17F3N2/c1-22-8-2-3-16(22)14-9-13(10-21-11-14)12-4-6-15(7-5-12)17(18,19)20/h4-7,9-11,16H,2-3,8H2,1H3. The smallest absolute Gasteiger partial charge is 0.299 e. The van der Waals surface area contributed by atoms with Crippen LogP contribution < -0.4 is 0 Å². The molecule has 5 heteroatoms. The van der Waals surface area contributed by atoms with Crippen LogP contribution in [0, 0.1) is 0 Å². The molecular formula is C17H17F3N2. The van der Waals surface area contributed by atoms with Gasteiger partial charge >= 0.3 is 6.18 Å². The molecule has 1 aliphatic heterocycles. The lowest BCUT2D eigenvalue weighted by atomic mass is 10.0. The number of aromatic nitrogens is 1. The summed E-state index contributed by atoms with van der Waals surface area (Å²) in [5, 5.41) is 0. The average molecular weight is 306 g/mol. The van der Waals surface area contributed by atoms with Crippen LogP contribution in [-0.2, 0) is 6.18 Å². The summed E-state index contributed by atoms with van der Waals surface area (Å²) < 4.78 is 37.8. The number of likely N-dealkylation sites (tertiary alicyclic amines) is 1. The minimum atomic E-state index is -4.30. The van der Waals surface area contributed by atoms with Crippen LogP contribution in [-0.4, -0.2) is 23.5 Å². The van der Waals surface area contributed by atoms with Gasteiger partial charge in [-0.3, -0.25) is 9.88 Å². The highest BCUT2D eigenvalue weighted by Gasteiger charge is 2.30. The molecular weight excluding hydrogens is 289 g/mol. The number of hydrogen-bond donors (Lipinski definition) is 0. The van der Waals surface area contributed by atoms with Crippen LogP contribution in [0.25, 0.3) is 11.1 Å². The molecule has 2 nitrogen and oxygen atoms in total. The van der Waals surface area contributed by atoms with Crippen molar-refractivity contribution in [3.8, 4) is 11.1 Å². The van der Waals surface area contributed by atoms with Crippen molar-refractivity contribution in [3.05, 3.63) is 53.9 Å². The van der Waals surface area contributed by atoms with Crippen molar-refractivity contribution in [1.29, 1.82) is 0 Å². The Kier molecular flexibility index (Phi) is 3.91. The van der Waals surface area contributed by atoms with Gasteiger partial charge in [0.2, 0.25) is 0 Å². The van der Waals surface area contributed by atoms with Crippen molar-refractivity contribution >= 4 is 0 Å². The first-order valence-corrected chi connectivity index (χ1v) is 7.28. The van der Waals surface area contributed by atoms with E-state index in [2.05, 4.69) is 16.9 Å². The highest BCUT2D eigenvalue weighted by atomic mass is 19.4. The second-order valence-corrected chi connectivity index (χ2v) is 5.72. The normalized spacial score (nSPS) is 19.5. The number of nitrogens with zero attached hydrogens (tertiary/aromatic N) is 2. The van der Waals surface area contributed by atoms with Gasteiger partial charge in [0.1, 0.15) is 0 Å². The van der Waals surface area contributed by atoms with Crippen molar-refractivity contribution in [3.63, 3.8) is 0 Å². The Morgan fingerprint density at radius 3 is 2.41 bits per heavy atom. The summed E-state index contributed by atoms with van der Waals surface area (Å²) in [4.78, 5) is 6.55. The molecule has 116 valence electrons. The van der Waals surface area contributed by atoms with E-state index in [4.69, 9.17) is 0 Å². The predicted octanol–water partition coefficient (Wildman–Crippen LogP) is 4.53. The highest BCUT2D eigenvalue weighted by Crippen LogP contribution is 2.33. The summed E-state index contributed by atoms with van der Waals surface area (Å²) in [5.74, 6) is 0. The molecule has 0 radical (unpaired) electrons. The number of benzene rings is 1. The summed E-state index contributed by atoms with van der Waals surface area (Å²) in [7, 11) is 2.09. The quantitative estimate of drug-likeness (QED) is 0.810. The number of halogens is 3. The fourth-order valence-corrected chi connectivity index (χ4v) is 2.98. The maximum Gasteiger partial charge on any atom is 0.416 e. The summed E-state index contributed by atoms with van der Waals surface area (Å²) >= 11 is 0. The fraction of sp³-hybridized carbons (Fsp3) is 0.353. The number of hydrogen-bond acceptors (Lipinski definition) is 2. The molecule has 3 rings (SSSR count). The van der Waals surface area contributed by atoms with Crippen LogP contribution in [0.5, 0.6) is 0 Å². The lowest BCUT2D eigenvalue weighted by Gasteiger charge is -2.20. The van der Waals surface area contributed by atoms with E-state index in [-0.39, 0.29) is 0 Å². The van der Waals surface area contributed by atoms with Gasteiger partial charge in [-0.15, -0.1) is 0 Å². The van der Waals surface area contributed by atoms with Crippen molar-refractivity contribution in [2.45, 2.75) is 25.1 Å². The third kappa shape index (κ3) is 2.99. The number of pyridine rings is 1. The zero-order chi connectivity index (χ0) is 15.7. The van der Waals surface area contributed by atoms with Crippen LogP contribution in [0.2, 0.25) is 0 Å². The Morgan fingerprint density at radius 1 is 1.09 bits per heavy atom. The monoisotopic (exact) mass is 306 g/mol. The van der Waals surface area contributed by atoms with Gasteiger partial charge in [-0.25, -0.2) is 0 Å². The maximum atomic E-state index is 12.6. The molecule has 22 heavy (non-hydrogen) atoms. The molecule has 0 bridgehead atoms. The Labute approximate surface area is 127 Å². The van der Waals surface area contributed by atoms with Crippen LogP contribution in [0.3, 0.4) is 0 Å². The molecule has 1 aromatic heterocycles. The topological polar surface area (TPSA) is 16.1 Å². The zero-order valence-corrected chi connectivity index (χ0v) is 12.3. The van der Waals surface area contributed by atoms with Gasteiger partial charge in [-0.05, 0) is 55.8 Å². The minimum absolute atomic E-state index is 0.349. The third-order valence-corrected chi connectivity index (χ3v) is 4.21. The Bertz CT molecular complexity index is 650. The number of rotatable bonds is 2. The molecule has 1 aliphatic rings. The van der Waals surface area contributed by atoms with Crippen molar-refractivity contribution < 1.29 is 13.2 Å². The third-order valence-electron chi connectivity index (χ3n) is 4.21. The van der Waals surface area contributed by atoms with Gasteiger partial charge in [0.15, 0.2) is 0 Å². The fourth-order valence-electron chi connectivity index (χ4n) is 2.98. The van der Waals surface area contributed by atoms with Gasteiger partial charge in [0.25, 0.3) is 0 Å². The van der Waals surface area contributed by atoms with Gasteiger partial charge in [0, 0.05) is 24.0 Å². The van der Waals surface area contributed by atoms with Crippen LogP contribution in [0.15, 0.2) is 42.7 Å². The SMILES string of the molecule is CN1CCCC1c1cncc(-c2ccc(C(F)(F)F)cc2)c1. The summed E-state index contributed by atoms with van der Waals surface area (Å²) in [5.41, 5.74) is 2.10. The van der Waals surface area contributed by atoms with E-state index in [1.54, 1.807) is 6.20 Å². The van der Waals surface area contributed by atoms with E-state index < -0.39 is 11.7 Å². The molecule has 1 fully saturated rings. The summed E-state index contributed by atoms with van der Waals surface area (Å²) in [6, 6.07) is 7.61. The molecule has 0 N–H and O–H groups in total. The molecule has 2 heterocycles. The van der Waals surface area contributed by atoms with Gasteiger partial charge in [0.05, 0.1) is 5.56 Å². The summed E-state index contributed by atoms with van der Waals surface area (Å²) in [6.45, 7) is 1.06. The van der Waals surface area contributed by atoms with Crippen molar-refractivity contribution in [2.24, 2.45) is 0 Å². The minimum Gasteiger partial charge on any atom is -0.299 e. The molecule has 0 aliphatic carbocycles. The first-order valence-electron chi connectivity index (χ1n) is 7.28. The molecule has 0 spiro atoms. The van der Waals surface area contributed by atoms with Crippen molar-refractivity contribution in [2.75, 3.05) is 13.6 Å². The molecule has 1 atom stereocenters. The lowest BCUT2D eigenvalue weighted by Crippen LogP contribution is -2.17. The molecule has 1 aromatic carbocycles. The zero-order valence-electron chi connectivity index (χ0n) is 12.3. The van der Waals surface area contributed by atoms with Crippen LogP contribution in [0.4, 0.5) is 13.2 Å². The van der Waals surface area contributed by atoms with Gasteiger partial charge in [-0.2, -0.15) is 13.2 Å². The van der Waals surface area contributed by atoms with E-state index in [1.165, 1.54) is 12.1 Å². The van der Waals surface area contributed by atoms with E-state index in [1.807, 2.05) is 12.3 Å². The maximum absolute atomic E-state index is 12.6. The molecule has 0 saturated carbocycles. The average Bonchev–Trinajstić information content (AvgIpc) is 2.93. The van der Waals surface area contributed by atoms with E-state index >= 15 is 0 Å². The Hall–Kier alpha value is -1.88. The second kappa shape index (κ2) is 5.72. The largest absolute Gasteiger partial charge is 0.416 e. The van der Waals surface area contributed by atoms with E-state index in [9.17, 15) is 13.2 Å². The van der Waals surface area contributed by atoms with E-state index in [0.717, 1.165) is 48.2 Å². The van der Waals surface area contributed by atoms with E-state index in [0.29, 0.717) is 6.04 Å². The number of alkyl halides is 3. The van der Waals surface area contributed by atoms with Gasteiger partial charge in [-0.1, -0.05) is 12.1 Å².